The van der Waals surface area contributed by atoms with Crippen molar-refractivity contribution < 1.29 is 17.9 Å². The fraction of sp³-hybridized carbons (Fsp3) is 0.278. The van der Waals surface area contributed by atoms with Gasteiger partial charge in [-0.3, -0.25) is 9.10 Å². The largest absolute Gasteiger partial charge is 0.481 e. The SMILES string of the molecule is CC[C@H](Oc1ccc(N(C)S(C)(=O)=O)cc1)C(=O)Nc1cccc(Cl)c1Cl. The smallest absolute Gasteiger partial charge is 0.265 e. The van der Waals surface area contributed by atoms with Gasteiger partial charge < -0.3 is 10.1 Å². The van der Waals surface area contributed by atoms with Crippen LogP contribution < -0.4 is 14.4 Å². The number of ether oxygens (including phenoxy) is 1. The van der Waals surface area contributed by atoms with Crippen LogP contribution in [0.15, 0.2) is 42.5 Å². The van der Waals surface area contributed by atoms with Crippen LogP contribution in [-0.4, -0.2) is 33.7 Å². The zero-order valence-corrected chi connectivity index (χ0v) is 17.4. The van der Waals surface area contributed by atoms with E-state index in [0.717, 1.165) is 10.6 Å². The van der Waals surface area contributed by atoms with Crippen LogP contribution in [-0.2, 0) is 14.8 Å². The summed E-state index contributed by atoms with van der Waals surface area (Å²) in [6.07, 6.45) is 0.795. The van der Waals surface area contributed by atoms with Crippen LogP contribution in [0.4, 0.5) is 11.4 Å². The van der Waals surface area contributed by atoms with Gasteiger partial charge >= 0.3 is 0 Å². The molecular weight excluding hydrogens is 411 g/mol. The normalized spacial score (nSPS) is 12.3. The third kappa shape index (κ3) is 5.51. The van der Waals surface area contributed by atoms with Gasteiger partial charge in [-0.2, -0.15) is 0 Å². The molecule has 0 saturated heterocycles. The predicted octanol–water partition coefficient (Wildman–Crippen LogP) is 4.19. The molecule has 1 atom stereocenters. The zero-order valence-electron chi connectivity index (χ0n) is 15.1. The lowest BCUT2D eigenvalue weighted by atomic mass is 10.2. The second kappa shape index (κ2) is 8.82. The summed E-state index contributed by atoms with van der Waals surface area (Å²) in [7, 11) is -1.89. The van der Waals surface area contributed by atoms with Crippen molar-refractivity contribution in [2.75, 3.05) is 22.9 Å². The lowest BCUT2D eigenvalue weighted by Crippen LogP contribution is -2.32. The molecule has 2 rings (SSSR count). The van der Waals surface area contributed by atoms with E-state index in [9.17, 15) is 13.2 Å². The molecule has 2 aromatic rings. The van der Waals surface area contributed by atoms with Crippen LogP contribution in [0, 0.1) is 0 Å². The number of carbonyl (C=O) groups is 1. The highest BCUT2D eigenvalue weighted by Gasteiger charge is 2.20. The van der Waals surface area contributed by atoms with Crippen molar-refractivity contribution in [1.29, 1.82) is 0 Å². The quantitative estimate of drug-likeness (QED) is 0.714. The van der Waals surface area contributed by atoms with Gasteiger partial charge in [0, 0.05) is 7.05 Å². The number of sulfonamides is 1. The minimum Gasteiger partial charge on any atom is -0.481 e. The highest BCUT2D eigenvalue weighted by Crippen LogP contribution is 2.30. The van der Waals surface area contributed by atoms with Crippen LogP contribution in [0.5, 0.6) is 5.75 Å². The number of carbonyl (C=O) groups excluding carboxylic acids is 1. The maximum Gasteiger partial charge on any atom is 0.265 e. The van der Waals surface area contributed by atoms with E-state index in [-0.39, 0.29) is 10.9 Å². The maximum atomic E-state index is 12.5. The highest BCUT2D eigenvalue weighted by atomic mass is 35.5. The van der Waals surface area contributed by atoms with E-state index < -0.39 is 16.1 Å². The van der Waals surface area contributed by atoms with Crippen LogP contribution in [0.3, 0.4) is 0 Å². The minimum absolute atomic E-state index is 0.260. The first-order valence-electron chi connectivity index (χ1n) is 8.09. The number of amides is 1. The van der Waals surface area contributed by atoms with Crippen molar-refractivity contribution in [3.8, 4) is 5.75 Å². The molecule has 1 N–H and O–H groups in total. The van der Waals surface area contributed by atoms with Gasteiger partial charge in [-0.25, -0.2) is 8.42 Å². The molecule has 6 nitrogen and oxygen atoms in total. The summed E-state index contributed by atoms with van der Waals surface area (Å²) in [6, 6.07) is 11.4. The molecule has 9 heteroatoms. The second-order valence-electron chi connectivity index (χ2n) is 5.83. The Morgan fingerprint density at radius 2 is 1.81 bits per heavy atom. The van der Waals surface area contributed by atoms with E-state index in [1.54, 1.807) is 42.5 Å². The summed E-state index contributed by atoms with van der Waals surface area (Å²) in [4.78, 5) is 12.5. The molecule has 0 radical (unpaired) electrons. The van der Waals surface area contributed by atoms with Gasteiger partial charge in [-0.15, -0.1) is 0 Å². The van der Waals surface area contributed by atoms with E-state index in [1.807, 2.05) is 6.92 Å². The monoisotopic (exact) mass is 430 g/mol. The van der Waals surface area contributed by atoms with Gasteiger partial charge in [0.1, 0.15) is 5.75 Å². The van der Waals surface area contributed by atoms with Crippen molar-refractivity contribution in [3.05, 3.63) is 52.5 Å². The Bertz CT molecular complexity index is 917. The lowest BCUT2D eigenvalue weighted by molar-refractivity contribution is -0.122. The lowest BCUT2D eigenvalue weighted by Gasteiger charge is -2.20. The van der Waals surface area contributed by atoms with E-state index in [0.29, 0.717) is 28.6 Å². The molecule has 1 amide bonds. The van der Waals surface area contributed by atoms with E-state index in [2.05, 4.69) is 5.32 Å². The molecule has 2 aromatic carbocycles. The van der Waals surface area contributed by atoms with Gasteiger partial charge in [0.2, 0.25) is 10.0 Å². The number of hydrogen-bond acceptors (Lipinski definition) is 4. The number of benzene rings is 2. The molecule has 0 unspecified atom stereocenters. The minimum atomic E-state index is -3.35. The van der Waals surface area contributed by atoms with E-state index in [4.69, 9.17) is 27.9 Å². The van der Waals surface area contributed by atoms with Crippen molar-refractivity contribution in [2.24, 2.45) is 0 Å². The third-order valence-electron chi connectivity index (χ3n) is 3.85. The Morgan fingerprint density at radius 3 is 2.37 bits per heavy atom. The molecule has 0 aliphatic rings. The van der Waals surface area contributed by atoms with Gasteiger partial charge in [0.25, 0.3) is 5.91 Å². The summed E-state index contributed by atoms with van der Waals surface area (Å²) < 4.78 is 30.0. The van der Waals surface area contributed by atoms with Gasteiger partial charge in [-0.05, 0) is 42.8 Å². The van der Waals surface area contributed by atoms with Crippen LogP contribution in [0.2, 0.25) is 10.0 Å². The van der Waals surface area contributed by atoms with Gasteiger partial charge in [0.05, 0.1) is 27.7 Å². The zero-order chi connectivity index (χ0) is 20.2. The Kier molecular flexibility index (Phi) is 6.97. The molecular formula is C18H20Cl2N2O4S. The molecule has 146 valence electrons. The standard InChI is InChI=1S/C18H20Cl2N2O4S/c1-4-16(18(23)21-15-7-5-6-14(19)17(15)20)26-13-10-8-12(9-11-13)22(2)27(3,24)25/h5-11,16H,4H2,1-3H3,(H,21,23)/t16-/m0/s1. The highest BCUT2D eigenvalue weighted by molar-refractivity contribution is 7.92. The maximum absolute atomic E-state index is 12.5. The average molecular weight is 431 g/mol. The molecule has 27 heavy (non-hydrogen) atoms. The van der Waals surface area contributed by atoms with Crippen LogP contribution in [0.25, 0.3) is 0 Å². The number of halogens is 2. The number of nitrogens with one attached hydrogen (secondary N) is 1. The fourth-order valence-electron chi connectivity index (χ4n) is 2.23. The van der Waals surface area contributed by atoms with Crippen LogP contribution >= 0.6 is 23.2 Å². The summed E-state index contributed by atoms with van der Waals surface area (Å²) in [6.45, 7) is 1.82. The molecule has 0 spiro atoms. The first-order valence-corrected chi connectivity index (χ1v) is 10.7. The Balaban J connectivity index is 2.10. The molecule has 0 saturated carbocycles. The first kappa shape index (κ1) is 21.3. The summed E-state index contributed by atoms with van der Waals surface area (Å²) in [5.41, 5.74) is 0.898. The van der Waals surface area contributed by atoms with Gasteiger partial charge in [0.15, 0.2) is 6.10 Å². The Morgan fingerprint density at radius 1 is 1.19 bits per heavy atom. The molecule has 0 aliphatic heterocycles. The predicted molar refractivity (Wildman–Crippen MR) is 109 cm³/mol. The molecule has 0 aromatic heterocycles. The number of nitrogens with zero attached hydrogens (tertiary/aromatic N) is 1. The van der Waals surface area contributed by atoms with Crippen molar-refractivity contribution >= 4 is 50.5 Å². The van der Waals surface area contributed by atoms with E-state index in [1.165, 1.54) is 7.05 Å². The summed E-state index contributed by atoms with van der Waals surface area (Å²) in [5.74, 6) is 0.0823. The summed E-state index contributed by atoms with van der Waals surface area (Å²) >= 11 is 12.0. The van der Waals surface area contributed by atoms with Crippen molar-refractivity contribution in [3.63, 3.8) is 0 Å². The number of anilines is 2. The number of hydrogen-bond donors (Lipinski definition) is 1. The molecule has 0 bridgehead atoms. The molecule has 0 fully saturated rings. The second-order valence-corrected chi connectivity index (χ2v) is 8.63. The number of rotatable bonds is 7. The summed E-state index contributed by atoms with van der Waals surface area (Å²) in [5, 5.41) is 3.31. The van der Waals surface area contributed by atoms with E-state index >= 15 is 0 Å². The van der Waals surface area contributed by atoms with Gasteiger partial charge in [-0.1, -0.05) is 36.2 Å². The Labute approximate surface area is 169 Å². The third-order valence-corrected chi connectivity index (χ3v) is 5.87. The van der Waals surface area contributed by atoms with Crippen molar-refractivity contribution in [2.45, 2.75) is 19.4 Å². The fourth-order valence-corrected chi connectivity index (χ4v) is 3.08. The molecule has 0 heterocycles. The first-order chi connectivity index (χ1) is 12.6. The average Bonchev–Trinajstić information content (AvgIpc) is 2.62. The topological polar surface area (TPSA) is 75.7 Å². The Hall–Kier alpha value is -1.96. The van der Waals surface area contributed by atoms with Crippen molar-refractivity contribution in [1.82, 2.24) is 0 Å². The molecule has 0 aliphatic carbocycles. The van der Waals surface area contributed by atoms with Crippen LogP contribution in [0.1, 0.15) is 13.3 Å².